The third-order valence-electron chi connectivity index (χ3n) is 4.94. The van der Waals surface area contributed by atoms with Gasteiger partial charge in [0.2, 0.25) is 0 Å². The van der Waals surface area contributed by atoms with Crippen LogP contribution in [0.1, 0.15) is 0 Å². The van der Waals surface area contributed by atoms with Gasteiger partial charge in [-0.15, -0.1) is 0 Å². The smallest absolute Gasteiger partial charge is 0.186 e. The van der Waals surface area contributed by atoms with Gasteiger partial charge < -0.3 is 9.80 Å². The molecule has 1 fully saturated rings. The summed E-state index contributed by atoms with van der Waals surface area (Å²) in [5.74, 6) is 0. The number of piperazine rings is 1. The number of anilines is 2. The van der Waals surface area contributed by atoms with Gasteiger partial charge >= 0.3 is 0 Å². The molecule has 0 radical (unpaired) electrons. The molecule has 6 nitrogen and oxygen atoms in total. The molecular formula is C19H17BrN4O2S3. The zero-order valence-corrected chi connectivity index (χ0v) is 19.5. The van der Waals surface area contributed by atoms with Crippen molar-refractivity contribution in [2.75, 3.05) is 42.2 Å². The van der Waals surface area contributed by atoms with Crippen LogP contribution in [0.3, 0.4) is 0 Å². The number of fused-ring (bicyclic) bond motifs is 2. The van der Waals surface area contributed by atoms with Crippen LogP contribution in [-0.2, 0) is 9.84 Å². The van der Waals surface area contributed by atoms with Crippen molar-refractivity contribution in [3.63, 3.8) is 0 Å². The first-order valence-corrected chi connectivity index (χ1v) is 13.4. The molecule has 2 aromatic heterocycles. The van der Waals surface area contributed by atoms with Crippen LogP contribution in [0, 0.1) is 0 Å². The molecule has 150 valence electrons. The summed E-state index contributed by atoms with van der Waals surface area (Å²) in [6, 6.07) is 11.3. The first kappa shape index (κ1) is 19.2. The van der Waals surface area contributed by atoms with E-state index < -0.39 is 9.84 Å². The van der Waals surface area contributed by atoms with Gasteiger partial charge in [-0.05, 0) is 36.4 Å². The number of nitrogens with zero attached hydrogens (tertiary/aromatic N) is 4. The molecule has 0 saturated carbocycles. The Morgan fingerprint density at radius 3 is 1.93 bits per heavy atom. The van der Waals surface area contributed by atoms with Crippen LogP contribution in [0.25, 0.3) is 20.4 Å². The maximum Gasteiger partial charge on any atom is 0.186 e. The molecule has 0 unspecified atom stereocenters. The Morgan fingerprint density at radius 2 is 1.38 bits per heavy atom. The lowest BCUT2D eigenvalue weighted by Gasteiger charge is -2.34. The SMILES string of the molecule is CS(=O)(=O)c1ccc2nc(N3CCN(c4nc5ccc(Br)cc5s4)CC3)sc2c1. The van der Waals surface area contributed by atoms with Gasteiger partial charge in [0.05, 0.1) is 25.3 Å². The fourth-order valence-electron chi connectivity index (χ4n) is 3.37. The van der Waals surface area contributed by atoms with E-state index in [0.717, 1.165) is 56.6 Å². The highest BCUT2D eigenvalue weighted by Gasteiger charge is 2.22. The molecule has 0 spiro atoms. The van der Waals surface area contributed by atoms with Crippen LogP contribution < -0.4 is 9.80 Å². The zero-order valence-electron chi connectivity index (χ0n) is 15.5. The summed E-state index contributed by atoms with van der Waals surface area (Å²) in [5, 5.41) is 2.00. The van der Waals surface area contributed by atoms with E-state index in [2.05, 4.69) is 31.8 Å². The van der Waals surface area contributed by atoms with Gasteiger partial charge in [-0.1, -0.05) is 38.6 Å². The van der Waals surface area contributed by atoms with Gasteiger partial charge in [0.25, 0.3) is 0 Å². The largest absolute Gasteiger partial charge is 0.345 e. The van der Waals surface area contributed by atoms with E-state index >= 15 is 0 Å². The Hall–Kier alpha value is -1.75. The van der Waals surface area contributed by atoms with E-state index in [1.807, 2.05) is 12.1 Å². The number of hydrogen-bond donors (Lipinski definition) is 0. The molecule has 0 amide bonds. The van der Waals surface area contributed by atoms with Crippen molar-refractivity contribution in [2.45, 2.75) is 4.90 Å². The van der Waals surface area contributed by atoms with Crippen molar-refractivity contribution in [1.29, 1.82) is 0 Å². The van der Waals surface area contributed by atoms with Crippen LogP contribution >= 0.6 is 38.6 Å². The number of rotatable bonds is 3. The molecule has 0 N–H and O–H groups in total. The number of hydrogen-bond acceptors (Lipinski definition) is 8. The Bertz CT molecular complexity index is 1320. The molecular weight excluding hydrogens is 492 g/mol. The molecule has 10 heteroatoms. The summed E-state index contributed by atoms with van der Waals surface area (Å²) >= 11 is 6.79. The van der Waals surface area contributed by atoms with Crippen molar-refractivity contribution in [1.82, 2.24) is 9.97 Å². The van der Waals surface area contributed by atoms with Gasteiger partial charge in [-0.3, -0.25) is 0 Å². The fourth-order valence-corrected chi connectivity index (χ4v) is 6.72. The first-order chi connectivity index (χ1) is 13.9. The molecule has 0 bridgehead atoms. The van der Waals surface area contributed by atoms with Gasteiger partial charge in [0.15, 0.2) is 20.1 Å². The monoisotopic (exact) mass is 508 g/mol. The molecule has 1 saturated heterocycles. The van der Waals surface area contributed by atoms with Crippen LogP contribution in [0.5, 0.6) is 0 Å². The molecule has 0 atom stereocenters. The zero-order chi connectivity index (χ0) is 20.2. The molecule has 5 rings (SSSR count). The van der Waals surface area contributed by atoms with Crippen LogP contribution in [0.4, 0.5) is 10.3 Å². The van der Waals surface area contributed by atoms with E-state index in [1.54, 1.807) is 40.9 Å². The van der Waals surface area contributed by atoms with Gasteiger partial charge in [-0.25, -0.2) is 18.4 Å². The van der Waals surface area contributed by atoms with E-state index in [0.29, 0.717) is 4.90 Å². The predicted molar refractivity (Wildman–Crippen MR) is 124 cm³/mol. The Morgan fingerprint density at radius 1 is 0.862 bits per heavy atom. The second-order valence-corrected chi connectivity index (χ2v) is 11.9. The summed E-state index contributed by atoms with van der Waals surface area (Å²) in [4.78, 5) is 14.4. The highest BCUT2D eigenvalue weighted by molar-refractivity contribution is 9.10. The lowest BCUT2D eigenvalue weighted by atomic mass is 10.3. The fraction of sp³-hybridized carbons (Fsp3) is 0.263. The van der Waals surface area contributed by atoms with E-state index in [-0.39, 0.29) is 0 Å². The number of benzene rings is 2. The summed E-state index contributed by atoms with van der Waals surface area (Å²) in [5.41, 5.74) is 1.88. The number of aromatic nitrogens is 2. The molecule has 1 aliphatic heterocycles. The van der Waals surface area contributed by atoms with E-state index in [9.17, 15) is 8.42 Å². The molecule has 2 aromatic carbocycles. The Balaban J connectivity index is 1.34. The van der Waals surface area contributed by atoms with Crippen molar-refractivity contribution in [2.24, 2.45) is 0 Å². The number of sulfone groups is 1. The van der Waals surface area contributed by atoms with E-state index in [4.69, 9.17) is 9.97 Å². The topological polar surface area (TPSA) is 66.4 Å². The minimum atomic E-state index is -3.21. The third kappa shape index (κ3) is 3.74. The summed E-state index contributed by atoms with van der Waals surface area (Å²) in [7, 11) is -3.21. The molecule has 4 aromatic rings. The first-order valence-electron chi connectivity index (χ1n) is 9.03. The van der Waals surface area contributed by atoms with Crippen molar-refractivity contribution in [3.8, 4) is 0 Å². The molecule has 0 aliphatic carbocycles. The number of thiazole rings is 2. The standard InChI is InChI=1S/C19H17BrN4O2S3/c1-29(25,26)13-3-5-15-17(11-13)28-19(22-15)24-8-6-23(7-9-24)18-21-14-4-2-12(20)10-16(14)27-18/h2-5,10-11H,6-9H2,1H3. The maximum atomic E-state index is 11.8. The Kier molecular flexibility index (Phi) is 4.77. The second kappa shape index (κ2) is 7.19. The number of halogens is 1. The lowest BCUT2D eigenvalue weighted by Crippen LogP contribution is -2.46. The third-order valence-corrected chi connectivity index (χ3v) is 8.70. The van der Waals surface area contributed by atoms with E-state index in [1.165, 1.54) is 11.0 Å². The minimum Gasteiger partial charge on any atom is -0.345 e. The van der Waals surface area contributed by atoms with Crippen LogP contribution in [0.2, 0.25) is 0 Å². The summed E-state index contributed by atoms with van der Waals surface area (Å²) < 4.78 is 26.8. The highest BCUT2D eigenvalue weighted by atomic mass is 79.9. The van der Waals surface area contributed by atoms with Gasteiger partial charge in [-0.2, -0.15) is 0 Å². The average molecular weight is 509 g/mol. The minimum absolute atomic E-state index is 0.340. The molecule has 3 heterocycles. The lowest BCUT2D eigenvalue weighted by molar-refractivity contribution is 0.602. The average Bonchev–Trinajstić information content (AvgIpc) is 3.30. The van der Waals surface area contributed by atoms with Crippen molar-refractivity contribution >= 4 is 79.1 Å². The Labute approximate surface area is 184 Å². The normalized spacial score (nSPS) is 15.5. The second-order valence-electron chi connectivity index (χ2n) is 6.98. The summed E-state index contributed by atoms with van der Waals surface area (Å²) in [6.45, 7) is 3.48. The van der Waals surface area contributed by atoms with Gasteiger partial charge in [0, 0.05) is 36.9 Å². The summed E-state index contributed by atoms with van der Waals surface area (Å²) in [6.07, 6.45) is 1.23. The maximum absolute atomic E-state index is 11.8. The van der Waals surface area contributed by atoms with Crippen LogP contribution in [0.15, 0.2) is 45.8 Å². The highest BCUT2D eigenvalue weighted by Crippen LogP contribution is 2.34. The van der Waals surface area contributed by atoms with Gasteiger partial charge in [0.1, 0.15) is 0 Å². The predicted octanol–water partition coefficient (Wildman–Crippen LogP) is 4.40. The van der Waals surface area contributed by atoms with Crippen molar-refractivity contribution in [3.05, 3.63) is 40.9 Å². The molecule has 1 aliphatic rings. The van der Waals surface area contributed by atoms with Crippen LogP contribution in [-0.4, -0.2) is 50.8 Å². The molecule has 29 heavy (non-hydrogen) atoms. The quantitative estimate of drug-likeness (QED) is 0.408. The van der Waals surface area contributed by atoms with Crippen molar-refractivity contribution < 1.29 is 8.42 Å².